The Bertz CT molecular complexity index is 1310. The normalized spacial score (nSPS) is 10.2. The summed E-state index contributed by atoms with van der Waals surface area (Å²) in [6.07, 6.45) is 1.56. The lowest BCUT2D eigenvalue weighted by Gasteiger charge is -2.10. The number of amides is 2. The number of ether oxygens (including phenoxy) is 3. The topological polar surface area (TPSA) is 139 Å². The van der Waals surface area contributed by atoms with Crippen molar-refractivity contribution < 1.29 is 28.6 Å². The molecule has 3 aromatic rings. The Labute approximate surface area is 207 Å². The Morgan fingerprint density at radius 3 is 2.28 bits per heavy atom. The third kappa shape index (κ3) is 6.91. The van der Waals surface area contributed by atoms with Crippen molar-refractivity contribution in [1.29, 1.82) is 5.26 Å². The number of benzene rings is 3. The van der Waals surface area contributed by atoms with E-state index in [0.29, 0.717) is 22.6 Å². The molecule has 0 bridgehead atoms. The van der Waals surface area contributed by atoms with Crippen molar-refractivity contribution in [2.45, 2.75) is 6.42 Å². The van der Waals surface area contributed by atoms with Gasteiger partial charge in [-0.2, -0.15) is 10.4 Å². The van der Waals surface area contributed by atoms with E-state index in [-0.39, 0.29) is 17.9 Å². The second-order valence-corrected chi connectivity index (χ2v) is 7.21. The summed E-state index contributed by atoms with van der Waals surface area (Å²) in [5, 5.41) is 14.9. The van der Waals surface area contributed by atoms with Gasteiger partial charge in [-0.3, -0.25) is 9.59 Å². The van der Waals surface area contributed by atoms with Crippen LogP contribution in [0.25, 0.3) is 0 Å². The average Bonchev–Trinajstić information content (AvgIpc) is 2.90. The predicted molar refractivity (Wildman–Crippen MR) is 131 cm³/mol. The molecule has 0 radical (unpaired) electrons. The first-order chi connectivity index (χ1) is 17.4. The summed E-state index contributed by atoms with van der Waals surface area (Å²) in [5.41, 5.74) is 4.19. The molecule has 0 spiro atoms. The van der Waals surface area contributed by atoms with Crippen LogP contribution in [0.15, 0.2) is 71.8 Å². The Hall–Kier alpha value is -5.17. The van der Waals surface area contributed by atoms with Gasteiger partial charge in [-0.15, -0.1) is 0 Å². The molecule has 3 aromatic carbocycles. The first-order valence-electron chi connectivity index (χ1n) is 10.6. The lowest BCUT2D eigenvalue weighted by molar-refractivity contribution is -0.136. The van der Waals surface area contributed by atoms with E-state index >= 15 is 0 Å². The van der Waals surface area contributed by atoms with E-state index in [2.05, 4.69) is 15.8 Å². The van der Waals surface area contributed by atoms with Crippen LogP contribution in [-0.2, 0) is 16.0 Å². The number of hydrazone groups is 1. The van der Waals surface area contributed by atoms with Gasteiger partial charge in [-0.25, -0.2) is 10.2 Å². The van der Waals surface area contributed by atoms with Crippen LogP contribution in [0, 0.1) is 11.3 Å². The molecule has 0 saturated carbocycles. The number of anilines is 1. The molecule has 36 heavy (non-hydrogen) atoms. The van der Waals surface area contributed by atoms with E-state index in [1.807, 2.05) is 6.07 Å². The number of nitrogens with one attached hydrogen (secondary N) is 2. The van der Waals surface area contributed by atoms with E-state index in [0.717, 1.165) is 5.56 Å². The molecule has 2 N–H and O–H groups in total. The molecule has 0 fully saturated rings. The largest absolute Gasteiger partial charge is 0.497 e. The summed E-state index contributed by atoms with van der Waals surface area (Å²) in [4.78, 5) is 36.5. The highest BCUT2D eigenvalue weighted by Crippen LogP contribution is 2.28. The van der Waals surface area contributed by atoms with Crippen molar-refractivity contribution >= 4 is 29.7 Å². The van der Waals surface area contributed by atoms with Gasteiger partial charge in [-0.1, -0.05) is 12.1 Å². The van der Waals surface area contributed by atoms with Crippen LogP contribution in [0.4, 0.5) is 5.69 Å². The third-order valence-electron chi connectivity index (χ3n) is 4.80. The fourth-order valence-electron chi connectivity index (χ4n) is 2.94. The van der Waals surface area contributed by atoms with E-state index in [4.69, 9.17) is 19.5 Å². The molecule has 10 heteroatoms. The van der Waals surface area contributed by atoms with Crippen LogP contribution in [0.3, 0.4) is 0 Å². The van der Waals surface area contributed by atoms with Crippen molar-refractivity contribution in [3.05, 3.63) is 83.4 Å². The zero-order chi connectivity index (χ0) is 25.9. The summed E-state index contributed by atoms with van der Waals surface area (Å²) in [6.45, 7) is 0. The van der Waals surface area contributed by atoms with E-state index in [9.17, 15) is 14.4 Å². The SMILES string of the molecule is COc1ccc(C(=O)Oc2ccc(/C=N/NC(=O)C(=O)Nc3ccc(CC#N)cc3)cc2OC)cc1. The smallest absolute Gasteiger partial charge is 0.343 e. The van der Waals surface area contributed by atoms with Crippen LogP contribution in [0.1, 0.15) is 21.5 Å². The summed E-state index contributed by atoms with van der Waals surface area (Å²) in [6, 6.07) is 19.7. The van der Waals surface area contributed by atoms with Crippen molar-refractivity contribution in [2.24, 2.45) is 5.10 Å². The number of nitriles is 1. The van der Waals surface area contributed by atoms with Gasteiger partial charge in [0.05, 0.1) is 38.5 Å². The lowest BCUT2D eigenvalue weighted by Crippen LogP contribution is -2.32. The first-order valence-corrected chi connectivity index (χ1v) is 10.6. The zero-order valence-corrected chi connectivity index (χ0v) is 19.5. The molecule has 0 aliphatic heterocycles. The number of hydrogen-bond acceptors (Lipinski definition) is 8. The number of hydrogen-bond donors (Lipinski definition) is 2. The molecule has 0 atom stereocenters. The van der Waals surface area contributed by atoms with Crippen molar-refractivity contribution in [3.63, 3.8) is 0 Å². The zero-order valence-electron chi connectivity index (χ0n) is 19.5. The highest BCUT2D eigenvalue weighted by Gasteiger charge is 2.14. The highest BCUT2D eigenvalue weighted by atomic mass is 16.6. The molecular weight excluding hydrogens is 464 g/mol. The molecule has 10 nitrogen and oxygen atoms in total. The second-order valence-electron chi connectivity index (χ2n) is 7.21. The lowest BCUT2D eigenvalue weighted by atomic mass is 10.1. The van der Waals surface area contributed by atoms with Crippen LogP contribution in [0.5, 0.6) is 17.2 Å². The molecule has 2 amide bonds. The maximum absolute atomic E-state index is 12.4. The van der Waals surface area contributed by atoms with Gasteiger partial charge >= 0.3 is 17.8 Å². The predicted octanol–water partition coefficient (Wildman–Crippen LogP) is 3.08. The summed E-state index contributed by atoms with van der Waals surface area (Å²) in [7, 11) is 2.95. The number of carbonyl (C=O) groups is 3. The van der Waals surface area contributed by atoms with Gasteiger partial charge in [0, 0.05) is 5.69 Å². The quantitative estimate of drug-likeness (QED) is 0.164. The van der Waals surface area contributed by atoms with Gasteiger partial charge in [0.15, 0.2) is 11.5 Å². The second kappa shape index (κ2) is 12.3. The number of methoxy groups -OCH3 is 2. The summed E-state index contributed by atoms with van der Waals surface area (Å²) in [5.74, 6) is -1.37. The van der Waals surface area contributed by atoms with Gasteiger partial charge in [-0.05, 0) is 65.7 Å². The molecule has 182 valence electrons. The molecule has 0 aromatic heterocycles. The van der Waals surface area contributed by atoms with Gasteiger partial charge in [0.2, 0.25) is 0 Å². The first kappa shape index (κ1) is 25.5. The van der Waals surface area contributed by atoms with Crippen molar-refractivity contribution in [2.75, 3.05) is 19.5 Å². The van der Waals surface area contributed by atoms with Crippen molar-refractivity contribution in [1.82, 2.24) is 5.43 Å². The Kier molecular flexibility index (Phi) is 8.72. The molecule has 0 unspecified atom stereocenters. The molecular formula is C26H22N4O6. The van der Waals surface area contributed by atoms with Crippen LogP contribution in [-0.4, -0.2) is 38.2 Å². The van der Waals surface area contributed by atoms with E-state index in [1.165, 1.54) is 26.5 Å². The molecule has 0 heterocycles. The fourth-order valence-corrected chi connectivity index (χ4v) is 2.94. The number of nitrogens with zero attached hydrogens (tertiary/aromatic N) is 2. The minimum atomic E-state index is -0.968. The maximum atomic E-state index is 12.4. The summed E-state index contributed by atoms with van der Waals surface area (Å²) >= 11 is 0. The third-order valence-corrected chi connectivity index (χ3v) is 4.80. The van der Waals surface area contributed by atoms with Crippen LogP contribution in [0.2, 0.25) is 0 Å². The Morgan fingerprint density at radius 1 is 0.917 bits per heavy atom. The Morgan fingerprint density at radius 2 is 1.64 bits per heavy atom. The van der Waals surface area contributed by atoms with Crippen LogP contribution >= 0.6 is 0 Å². The van der Waals surface area contributed by atoms with Gasteiger partial charge < -0.3 is 19.5 Å². The number of carbonyl (C=O) groups excluding carboxylic acids is 3. The maximum Gasteiger partial charge on any atom is 0.343 e. The van der Waals surface area contributed by atoms with Crippen LogP contribution < -0.4 is 25.0 Å². The van der Waals surface area contributed by atoms with Gasteiger partial charge in [0.25, 0.3) is 0 Å². The molecule has 0 saturated heterocycles. The average molecular weight is 486 g/mol. The number of rotatable bonds is 8. The molecule has 0 aliphatic carbocycles. The fraction of sp³-hybridized carbons (Fsp3) is 0.115. The van der Waals surface area contributed by atoms with Crippen molar-refractivity contribution in [3.8, 4) is 23.3 Å². The monoisotopic (exact) mass is 486 g/mol. The van der Waals surface area contributed by atoms with E-state index in [1.54, 1.807) is 60.7 Å². The Balaban J connectivity index is 1.57. The standard InChI is InChI=1S/C26H22N4O6/c1-34-21-10-6-19(7-11-21)26(33)36-22-12-5-18(15-23(22)35-2)16-28-30-25(32)24(31)29-20-8-3-17(4-9-20)13-14-27/h3-12,15-16H,13H2,1-2H3,(H,29,31)(H,30,32)/b28-16+. The minimum absolute atomic E-state index is 0.194. The minimum Gasteiger partial charge on any atom is -0.497 e. The molecule has 3 rings (SSSR count). The number of esters is 1. The molecule has 0 aliphatic rings. The summed E-state index contributed by atoms with van der Waals surface area (Å²) < 4.78 is 15.8. The highest BCUT2D eigenvalue weighted by molar-refractivity contribution is 6.39. The van der Waals surface area contributed by atoms with E-state index < -0.39 is 17.8 Å². The van der Waals surface area contributed by atoms with Gasteiger partial charge in [0.1, 0.15) is 5.75 Å².